The van der Waals surface area contributed by atoms with Gasteiger partial charge in [-0.1, -0.05) is 17.7 Å². The van der Waals surface area contributed by atoms with Gasteiger partial charge in [-0.05, 0) is 24.3 Å². The molecule has 2 rings (SSSR count). The molecule has 20 heavy (non-hydrogen) atoms. The molecule has 2 heterocycles. The van der Waals surface area contributed by atoms with Gasteiger partial charge in [-0.15, -0.1) is 0 Å². The topological polar surface area (TPSA) is 69.2 Å². The lowest BCUT2D eigenvalue weighted by molar-refractivity contribution is 0.394. The van der Waals surface area contributed by atoms with Crippen molar-refractivity contribution in [2.24, 2.45) is 0 Å². The van der Waals surface area contributed by atoms with Gasteiger partial charge in [0.05, 0.1) is 17.8 Å². The highest BCUT2D eigenvalue weighted by Crippen LogP contribution is 2.17. The molecular weight excluding hydrogens is 300 g/mol. The van der Waals surface area contributed by atoms with Crippen LogP contribution in [0.2, 0.25) is 5.02 Å². The van der Waals surface area contributed by atoms with Crippen LogP contribution in [0.15, 0.2) is 47.0 Å². The fourth-order valence-corrected chi connectivity index (χ4v) is 2.53. The number of halogens is 1. The molecule has 0 spiro atoms. The Hall–Kier alpha value is -1.92. The van der Waals surface area contributed by atoms with Gasteiger partial charge in [0.15, 0.2) is 5.03 Å². The van der Waals surface area contributed by atoms with Crippen molar-refractivity contribution in [2.45, 2.75) is 5.03 Å². The Labute approximate surface area is 121 Å². The molecule has 0 N–H and O–H groups in total. The number of nitrogens with zero attached hydrogens (tertiary/aromatic N) is 2. The van der Waals surface area contributed by atoms with Gasteiger partial charge >= 0.3 is 0 Å². The average molecular weight is 311 g/mol. The second-order valence-electron chi connectivity index (χ2n) is 3.74. The van der Waals surface area contributed by atoms with Gasteiger partial charge in [0.2, 0.25) is 15.7 Å². The van der Waals surface area contributed by atoms with Crippen molar-refractivity contribution < 1.29 is 13.2 Å². The Balaban J connectivity index is 2.34. The third-order valence-electron chi connectivity index (χ3n) is 2.39. The third-order valence-corrected chi connectivity index (χ3v) is 4.02. The second kappa shape index (κ2) is 6.02. The van der Waals surface area contributed by atoms with E-state index in [-0.39, 0.29) is 10.9 Å². The van der Waals surface area contributed by atoms with E-state index in [2.05, 4.69) is 9.97 Å². The van der Waals surface area contributed by atoms with Crippen molar-refractivity contribution >= 4 is 27.5 Å². The molecule has 0 aliphatic heterocycles. The van der Waals surface area contributed by atoms with E-state index < -0.39 is 9.84 Å². The lowest BCUT2D eigenvalue weighted by Crippen LogP contribution is -2.01. The number of rotatable bonds is 4. The molecular formula is C13H11ClN2O3S. The Morgan fingerprint density at radius 2 is 2.05 bits per heavy atom. The van der Waals surface area contributed by atoms with E-state index in [0.29, 0.717) is 10.7 Å². The predicted octanol–water partition coefficient (Wildman–Crippen LogP) is 2.58. The summed E-state index contributed by atoms with van der Waals surface area (Å²) >= 11 is 5.90. The molecule has 0 saturated heterocycles. The molecule has 5 nitrogen and oxygen atoms in total. The number of hydrogen-bond acceptors (Lipinski definition) is 5. The lowest BCUT2D eigenvalue weighted by atomic mass is 10.3. The minimum absolute atomic E-state index is 0.0971. The van der Waals surface area contributed by atoms with Gasteiger partial charge in [-0.25, -0.2) is 13.4 Å². The quantitative estimate of drug-likeness (QED) is 0.868. The number of sulfone groups is 1. The van der Waals surface area contributed by atoms with Crippen LogP contribution in [0.1, 0.15) is 5.69 Å². The van der Waals surface area contributed by atoms with Crippen molar-refractivity contribution in [1.29, 1.82) is 0 Å². The maximum absolute atomic E-state index is 12.1. The fraction of sp³-hybridized carbons (Fsp3) is 0.0769. The molecule has 0 radical (unpaired) electrons. The first-order valence-electron chi connectivity index (χ1n) is 5.57. The van der Waals surface area contributed by atoms with E-state index in [1.165, 1.54) is 25.4 Å². The largest absolute Gasteiger partial charge is 0.481 e. The molecule has 0 saturated carbocycles. The molecule has 0 aliphatic rings. The van der Waals surface area contributed by atoms with Gasteiger partial charge in [-0.2, -0.15) is 0 Å². The summed E-state index contributed by atoms with van der Waals surface area (Å²) in [7, 11) is -2.26. The Morgan fingerprint density at radius 3 is 2.75 bits per heavy atom. The maximum atomic E-state index is 12.1. The van der Waals surface area contributed by atoms with Gasteiger partial charge < -0.3 is 4.74 Å². The normalized spacial score (nSPS) is 11.7. The highest BCUT2D eigenvalue weighted by Gasteiger charge is 2.13. The summed E-state index contributed by atoms with van der Waals surface area (Å²) in [5.41, 5.74) is 0.376. The van der Waals surface area contributed by atoms with Crippen LogP contribution in [-0.2, 0) is 9.84 Å². The number of ether oxygens (including phenoxy) is 1. The summed E-state index contributed by atoms with van der Waals surface area (Å²) in [6, 6.07) is 7.81. The smallest absolute Gasteiger partial charge is 0.217 e. The van der Waals surface area contributed by atoms with Crippen molar-refractivity contribution in [2.75, 3.05) is 7.11 Å². The summed E-state index contributed by atoms with van der Waals surface area (Å²) in [6.07, 6.45) is 2.86. The summed E-state index contributed by atoms with van der Waals surface area (Å²) in [4.78, 5) is 7.86. The van der Waals surface area contributed by atoms with Crippen LogP contribution in [0.3, 0.4) is 0 Å². The van der Waals surface area contributed by atoms with Crippen molar-refractivity contribution in [3.63, 3.8) is 0 Å². The van der Waals surface area contributed by atoms with Crippen molar-refractivity contribution in [3.8, 4) is 5.88 Å². The zero-order chi connectivity index (χ0) is 14.6. The summed E-state index contributed by atoms with van der Waals surface area (Å²) < 4.78 is 29.1. The molecule has 104 valence electrons. The van der Waals surface area contributed by atoms with Gasteiger partial charge in [0, 0.05) is 17.7 Å². The molecule has 0 fully saturated rings. The number of aromatic nitrogens is 2. The van der Waals surface area contributed by atoms with Crippen molar-refractivity contribution in [3.05, 3.63) is 52.7 Å². The lowest BCUT2D eigenvalue weighted by Gasteiger charge is -2.01. The molecule has 0 amide bonds. The summed E-state index contributed by atoms with van der Waals surface area (Å²) in [5.74, 6) is 0.232. The highest BCUT2D eigenvalue weighted by atomic mass is 35.5. The van der Waals surface area contributed by atoms with Crippen LogP contribution in [0.25, 0.3) is 6.08 Å². The van der Waals surface area contributed by atoms with Crippen LogP contribution in [-0.4, -0.2) is 25.5 Å². The van der Waals surface area contributed by atoms with Gasteiger partial charge in [0.1, 0.15) is 0 Å². The third kappa shape index (κ3) is 3.34. The Morgan fingerprint density at radius 1 is 1.25 bits per heavy atom. The minimum Gasteiger partial charge on any atom is -0.481 e. The SMILES string of the molecule is COc1cccc(S(=O)(=O)/C=C/c2ncccc2Cl)n1. The van der Waals surface area contributed by atoms with Gasteiger partial charge in [-0.3, -0.25) is 4.98 Å². The van der Waals surface area contributed by atoms with E-state index in [4.69, 9.17) is 16.3 Å². The van der Waals surface area contributed by atoms with E-state index in [1.54, 1.807) is 24.3 Å². The standard InChI is InChI=1S/C13H11ClN2O3S/c1-19-12-5-2-6-13(16-12)20(17,18)9-7-11-10(14)4-3-8-15-11/h2-9H,1H3/b9-7+. The van der Waals surface area contributed by atoms with E-state index in [9.17, 15) is 8.42 Å². The monoisotopic (exact) mass is 310 g/mol. The van der Waals surface area contributed by atoms with Crippen LogP contribution < -0.4 is 4.74 Å². The van der Waals surface area contributed by atoms with E-state index in [0.717, 1.165) is 5.41 Å². The molecule has 7 heteroatoms. The number of hydrogen-bond donors (Lipinski definition) is 0. The summed E-state index contributed by atoms with van der Waals surface area (Å²) in [5, 5.41) is 1.29. The maximum Gasteiger partial charge on any atom is 0.217 e. The number of methoxy groups -OCH3 is 1. The van der Waals surface area contributed by atoms with E-state index in [1.807, 2.05) is 0 Å². The first-order chi connectivity index (χ1) is 9.53. The zero-order valence-electron chi connectivity index (χ0n) is 10.5. The Kier molecular flexibility index (Phi) is 4.36. The molecule has 0 aromatic carbocycles. The van der Waals surface area contributed by atoms with Crippen LogP contribution >= 0.6 is 11.6 Å². The average Bonchev–Trinajstić information content (AvgIpc) is 2.46. The zero-order valence-corrected chi connectivity index (χ0v) is 12.1. The molecule has 0 aliphatic carbocycles. The second-order valence-corrected chi connectivity index (χ2v) is 5.92. The van der Waals surface area contributed by atoms with Gasteiger partial charge in [0.25, 0.3) is 0 Å². The molecule has 2 aromatic heterocycles. The first-order valence-corrected chi connectivity index (χ1v) is 7.50. The van der Waals surface area contributed by atoms with Crippen LogP contribution in [0.4, 0.5) is 0 Å². The van der Waals surface area contributed by atoms with Crippen molar-refractivity contribution in [1.82, 2.24) is 9.97 Å². The molecule has 0 atom stereocenters. The first kappa shape index (κ1) is 14.5. The molecule has 2 aromatic rings. The van der Waals surface area contributed by atoms with E-state index >= 15 is 0 Å². The van der Waals surface area contributed by atoms with Crippen LogP contribution in [0.5, 0.6) is 5.88 Å². The number of pyridine rings is 2. The predicted molar refractivity (Wildman–Crippen MR) is 76.3 cm³/mol. The highest BCUT2D eigenvalue weighted by molar-refractivity contribution is 7.94. The van der Waals surface area contributed by atoms with Crippen LogP contribution in [0, 0.1) is 0 Å². The molecule has 0 bridgehead atoms. The fourth-order valence-electron chi connectivity index (χ4n) is 1.41. The Bertz CT molecular complexity index is 745. The summed E-state index contributed by atoms with van der Waals surface area (Å²) in [6.45, 7) is 0. The molecule has 0 unspecified atom stereocenters. The minimum atomic E-state index is -3.68.